The van der Waals surface area contributed by atoms with E-state index in [1.165, 1.54) is 19.3 Å². The summed E-state index contributed by atoms with van der Waals surface area (Å²) in [4.78, 5) is 0. The second-order valence-corrected chi connectivity index (χ2v) is 6.05. The highest BCUT2D eigenvalue weighted by atomic mass is 16.5. The summed E-state index contributed by atoms with van der Waals surface area (Å²) in [5, 5.41) is 0. The van der Waals surface area contributed by atoms with Crippen LogP contribution in [0.2, 0.25) is 0 Å². The van der Waals surface area contributed by atoms with Crippen LogP contribution < -0.4 is 18.9 Å². The summed E-state index contributed by atoms with van der Waals surface area (Å²) >= 11 is 0. The lowest BCUT2D eigenvalue weighted by molar-refractivity contribution is 0.274. The Bertz CT molecular complexity index is 485. The van der Waals surface area contributed by atoms with Crippen molar-refractivity contribution in [3.05, 3.63) is 11.6 Å². The van der Waals surface area contributed by atoms with E-state index in [0.717, 1.165) is 35.8 Å². The molecule has 0 aliphatic rings. The molecular formula is C20H34O4. The first-order valence-corrected chi connectivity index (χ1v) is 9.16. The number of aryl methyl sites for hydroxylation is 1. The summed E-state index contributed by atoms with van der Waals surface area (Å²) in [7, 11) is 3.27. The van der Waals surface area contributed by atoms with Gasteiger partial charge in [-0.3, -0.25) is 0 Å². The summed E-state index contributed by atoms with van der Waals surface area (Å²) in [6.07, 6.45) is 5.82. The van der Waals surface area contributed by atoms with E-state index in [-0.39, 0.29) is 0 Å². The van der Waals surface area contributed by atoms with E-state index < -0.39 is 0 Å². The van der Waals surface area contributed by atoms with Crippen molar-refractivity contribution in [3.63, 3.8) is 0 Å². The van der Waals surface area contributed by atoms with Crippen molar-refractivity contribution in [1.82, 2.24) is 0 Å². The molecule has 0 heterocycles. The Morgan fingerprint density at radius 3 is 2.08 bits per heavy atom. The number of benzene rings is 1. The summed E-state index contributed by atoms with van der Waals surface area (Å²) in [5.74, 6) is 3.52. The fourth-order valence-corrected chi connectivity index (χ4v) is 2.79. The van der Waals surface area contributed by atoms with Crippen molar-refractivity contribution in [1.29, 1.82) is 0 Å². The van der Waals surface area contributed by atoms with Crippen molar-refractivity contribution < 1.29 is 18.9 Å². The van der Waals surface area contributed by atoms with Crippen molar-refractivity contribution in [2.75, 3.05) is 27.4 Å². The molecule has 0 saturated carbocycles. The molecule has 0 N–H and O–H groups in total. The smallest absolute Gasteiger partial charge is 0.207 e. The number of unbranched alkanes of at least 4 members (excludes halogenated alkanes) is 1. The lowest BCUT2D eigenvalue weighted by Gasteiger charge is -2.20. The largest absolute Gasteiger partial charge is 0.490 e. The maximum Gasteiger partial charge on any atom is 0.207 e. The molecule has 4 nitrogen and oxygen atoms in total. The Labute approximate surface area is 147 Å². The van der Waals surface area contributed by atoms with Gasteiger partial charge in [-0.2, -0.15) is 0 Å². The average Bonchev–Trinajstić information content (AvgIpc) is 2.59. The van der Waals surface area contributed by atoms with Crippen molar-refractivity contribution in [2.24, 2.45) is 5.92 Å². The molecule has 1 aromatic rings. The summed E-state index contributed by atoms with van der Waals surface area (Å²) < 4.78 is 22.7. The second-order valence-electron chi connectivity index (χ2n) is 6.05. The molecule has 0 fully saturated rings. The van der Waals surface area contributed by atoms with Crippen LogP contribution >= 0.6 is 0 Å². The third kappa shape index (κ3) is 5.50. The maximum atomic E-state index is 5.87. The highest BCUT2D eigenvalue weighted by Gasteiger charge is 2.21. The highest BCUT2D eigenvalue weighted by molar-refractivity contribution is 5.63. The first-order valence-electron chi connectivity index (χ1n) is 9.16. The van der Waals surface area contributed by atoms with Gasteiger partial charge in [0.2, 0.25) is 11.5 Å². The van der Waals surface area contributed by atoms with Gasteiger partial charge in [0.25, 0.3) is 0 Å². The Balaban J connectivity index is 3.04. The standard InChI is InChI=1S/C20H34O4/c1-7-15(4)12-10-11-13-16-14-17(23-8-2)19(21-5)20(22-6)18(16)24-9-3/h14-15H,7-13H2,1-6H3. The molecule has 138 valence electrons. The van der Waals surface area contributed by atoms with Crippen LogP contribution in [0.5, 0.6) is 23.0 Å². The zero-order chi connectivity index (χ0) is 17.9. The van der Waals surface area contributed by atoms with Gasteiger partial charge in [0.05, 0.1) is 27.4 Å². The van der Waals surface area contributed by atoms with E-state index >= 15 is 0 Å². The summed E-state index contributed by atoms with van der Waals surface area (Å²) in [6, 6.07) is 2.04. The molecule has 0 amide bonds. The van der Waals surface area contributed by atoms with Crippen LogP contribution in [-0.2, 0) is 6.42 Å². The Kier molecular flexibility index (Phi) is 9.43. The normalized spacial score (nSPS) is 11.9. The fraction of sp³-hybridized carbons (Fsp3) is 0.700. The molecule has 0 aromatic heterocycles. The lowest BCUT2D eigenvalue weighted by Crippen LogP contribution is -2.05. The number of rotatable bonds is 12. The van der Waals surface area contributed by atoms with Gasteiger partial charge in [-0.1, -0.05) is 33.1 Å². The quantitative estimate of drug-likeness (QED) is 0.487. The van der Waals surface area contributed by atoms with Crippen molar-refractivity contribution in [3.8, 4) is 23.0 Å². The minimum atomic E-state index is 0.584. The molecule has 24 heavy (non-hydrogen) atoms. The zero-order valence-corrected chi connectivity index (χ0v) is 16.2. The van der Waals surface area contributed by atoms with Crippen LogP contribution in [0.3, 0.4) is 0 Å². The fourth-order valence-electron chi connectivity index (χ4n) is 2.79. The van der Waals surface area contributed by atoms with Crippen LogP contribution in [0, 0.1) is 5.92 Å². The van der Waals surface area contributed by atoms with Gasteiger partial charge < -0.3 is 18.9 Å². The number of methoxy groups -OCH3 is 2. The number of hydrogen-bond donors (Lipinski definition) is 0. The van der Waals surface area contributed by atoms with Crippen LogP contribution in [0.1, 0.15) is 58.9 Å². The summed E-state index contributed by atoms with van der Waals surface area (Å²) in [6.45, 7) is 9.69. The molecule has 0 saturated heterocycles. The van der Waals surface area contributed by atoms with Gasteiger partial charge in [0.1, 0.15) is 0 Å². The van der Waals surface area contributed by atoms with Gasteiger partial charge in [0, 0.05) is 5.56 Å². The molecule has 1 atom stereocenters. The van der Waals surface area contributed by atoms with Gasteiger partial charge in [-0.05, 0) is 38.7 Å². The van der Waals surface area contributed by atoms with Gasteiger partial charge in [-0.25, -0.2) is 0 Å². The molecule has 0 aliphatic heterocycles. The van der Waals surface area contributed by atoms with Crippen molar-refractivity contribution >= 4 is 0 Å². The Morgan fingerprint density at radius 2 is 1.54 bits per heavy atom. The lowest BCUT2D eigenvalue weighted by atomic mass is 9.98. The minimum Gasteiger partial charge on any atom is -0.490 e. The third-order valence-corrected chi connectivity index (χ3v) is 4.32. The third-order valence-electron chi connectivity index (χ3n) is 4.32. The monoisotopic (exact) mass is 338 g/mol. The van der Waals surface area contributed by atoms with E-state index in [2.05, 4.69) is 13.8 Å². The van der Waals surface area contributed by atoms with Gasteiger partial charge >= 0.3 is 0 Å². The first kappa shape index (κ1) is 20.5. The van der Waals surface area contributed by atoms with Crippen molar-refractivity contribution in [2.45, 2.75) is 59.8 Å². The number of ether oxygens (including phenoxy) is 4. The predicted molar refractivity (Wildman–Crippen MR) is 98.9 cm³/mol. The van der Waals surface area contributed by atoms with Crippen LogP contribution in [0.4, 0.5) is 0 Å². The molecule has 1 rings (SSSR count). The summed E-state index contributed by atoms with van der Waals surface area (Å²) in [5.41, 5.74) is 1.13. The van der Waals surface area contributed by atoms with Gasteiger partial charge in [-0.15, -0.1) is 0 Å². The molecule has 4 heteroatoms. The average molecular weight is 338 g/mol. The van der Waals surface area contributed by atoms with Crippen LogP contribution in [0.25, 0.3) is 0 Å². The predicted octanol–water partition coefficient (Wildman–Crippen LogP) is 5.26. The van der Waals surface area contributed by atoms with E-state index in [4.69, 9.17) is 18.9 Å². The minimum absolute atomic E-state index is 0.584. The Morgan fingerprint density at radius 1 is 0.875 bits per heavy atom. The van der Waals surface area contributed by atoms with E-state index in [1.807, 2.05) is 19.9 Å². The highest BCUT2D eigenvalue weighted by Crippen LogP contribution is 2.47. The Hall–Kier alpha value is -1.58. The van der Waals surface area contributed by atoms with E-state index in [9.17, 15) is 0 Å². The molecule has 1 aromatic carbocycles. The topological polar surface area (TPSA) is 36.9 Å². The molecule has 0 radical (unpaired) electrons. The van der Waals surface area contributed by atoms with Gasteiger partial charge in [0.15, 0.2) is 11.5 Å². The molecule has 0 aliphatic carbocycles. The molecule has 0 bridgehead atoms. The van der Waals surface area contributed by atoms with Crippen LogP contribution in [-0.4, -0.2) is 27.4 Å². The number of hydrogen-bond acceptors (Lipinski definition) is 4. The molecular weight excluding hydrogens is 304 g/mol. The molecule has 0 spiro atoms. The first-order chi connectivity index (χ1) is 11.6. The van der Waals surface area contributed by atoms with E-state index in [1.54, 1.807) is 14.2 Å². The van der Waals surface area contributed by atoms with Crippen LogP contribution in [0.15, 0.2) is 6.07 Å². The molecule has 1 unspecified atom stereocenters. The maximum absolute atomic E-state index is 5.87. The zero-order valence-electron chi connectivity index (χ0n) is 16.2. The van der Waals surface area contributed by atoms with E-state index in [0.29, 0.717) is 24.7 Å². The SMILES string of the molecule is CCOc1cc(CCCCC(C)CC)c(OCC)c(OC)c1OC. The second kappa shape index (κ2) is 11.1.